The Morgan fingerprint density at radius 2 is 1.33 bits per heavy atom. The summed E-state index contributed by atoms with van der Waals surface area (Å²) < 4.78 is 5.07. The van der Waals surface area contributed by atoms with Crippen molar-refractivity contribution >= 4 is 81.5 Å². The van der Waals surface area contributed by atoms with Crippen molar-refractivity contribution in [2.75, 3.05) is 5.32 Å². The van der Waals surface area contributed by atoms with Crippen LogP contribution in [-0.2, 0) is 0 Å². The van der Waals surface area contributed by atoms with Gasteiger partial charge in [0.1, 0.15) is 5.37 Å². The first kappa shape index (κ1) is 25.3. The second-order valence-electron chi connectivity index (χ2n) is 11.8. The minimum atomic E-state index is 0.167. The first-order chi connectivity index (χ1) is 22.3. The molecule has 0 radical (unpaired) electrons. The smallest absolute Gasteiger partial charge is 0.103 e. The highest BCUT2D eigenvalue weighted by Gasteiger charge is 2.26. The third-order valence-electron chi connectivity index (χ3n) is 9.24. The molecule has 0 amide bonds. The number of fused-ring (bicyclic) bond motifs is 10. The van der Waals surface area contributed by atoms with Crippen molar-refractivity contribution in [3.8, 4) is 16.8 Å². The summed E-state index contributed by atoms with van der Waals surface area (Å²) in [5.41, 5.74) is 8.73. The lowest BCUT2D eigenvalue weighted by Crippen LogP contribution is -2.02. The van der Waals surface area contributed by atoms with Gasteiger partial charge in [-0.3, -0.25) is 0 Å². The molecule has 7 aromatic carbocycles. The molecule has 9 aromatic rings. The second-order valence-corrected chi connectivity index (χ2v) is 14.0. The zero-order valence-corrected chi connectivity index (χ0v) is 25.8. The Morgan fingerprint density at radius 1 is 0.533 bits per heavy atom. The number of rotatable bonds is 3. The average Bonchev–Trinajstić information content (AvgIpc) is 3.80. The van der Waals surface area contributed by atoms with Crippen LogP contribution in [0, 0.1) is 0 Å². The maximum Gasteiger partial charge on any atom is 0.103 e. The highest BCUT2D eigenvalue weighted by Crippen LogP contribution is 2.52. The summed E-state index contributed by atoms with van der Waals surface area (Å²) in [6.07, 6.45) is 0. The van der Waals surface area contributed by atoms with Crippen molar-refractivity contribution in [1.29, 1.82) is 0 Å². The van der Waals surface area contributed by atoms with Crippen molar-refractivity contribution in [3.63, 3.8) is 0 Å². The molecule has 0 fully saturated rings. The maximum atomic E-state index is 3.91. The van der Waals surface area contributed by atoms with E-state index < -0.39 is 0 Å². The van der Waals surface area contributed by atoms with Crippen LogP contribution in [0.3, 0.4) is 0 Å². The summed E-state index contributed by atoms with van der Waals surface area (Å²) >= 11 is 3.80. The molecule has 0 bridgehead atoms. The van der Waals surface area contributed by atoms with E-state index in [1.54, 1.807) is 0 Å². The van der Waals surface area contributed by atoms with Crippen molar-refractivity contribution in [1.82, 2.24) is 4.57 Å². The molecule has 1 N–H and O–H groups in total. The fourth-order valence-electron chi connectivity index (χ4n) is 7.15. The molecule has 4 heteroatoms. The molecule has 3 heterocycles. The summed E-state index contributed by atoms with van der Waals surface area (Å²) in [4.78, 5) is 1.32. The number of thiophene rings is 1. The van der Waals surface area contributed by atoms with E-state index in [-0.39, 0.29) is 5.37 Å². The second kappa shape index (κ2) is 9.73. The monoisotopic (exact) mass is 610 g/mol. The number of para-hydroxylation sites is 1. The molecule has 1 aliphatic rings. The van der Waals surface area contributed by atoms with E-state index in [1.807, 2.05) is 23.1 Å². The van der Waals surface area contributed by atoms with Crippen LogP contribution in [-0.4, -0.2) is 4.57 Å². The van der Waals surface area contributed by atoms with Gasteiger partial charge in [-0.2, -0.15) is 0 Å². The largest absolute Gasteiger partial charge is 0.368 e. The van der Waals surface area contributed by atoms with Gasteiger partial charge in [-0.05, 0) is 69.9 Å². The molecule has 2 aromatic heterocycles. The Morgan fingerprint density at radius 3 is 2.22 bits per heavy atom. The minimum absolute atomic E-state index is 0.167. The summed E-state index contributed by atoms with van der Waals surface area (Å²) in [7, 11) is 0. The molecule has 212 valence electrons. The highest BCUT2D eigenvalue weighted by molar-refractivity contribution is 8.00. The lowest BCUT2D eigenvalue weighted by Gasteiger charge is -2.13. The van der Waals surface area contributed by atoms with Crippen LogP contribution in [0.5, 0.6) is 0 Å². The van der Waals surface area contributed by atoms with Crippen LogP contribution in [0.25, 0.3) is 69.6 Å². The van der Waals surface area contributed by atoms with Gasteiger partial charge in [-0.15, -0.1) is 11.3 Å². The summed E-state index contributed by atoms with van der Waals surface area (Å²) in [6.45, 7) is 0. The first-order valence-electron chi connectivity index (χ1n) is 15.3. The van der Waals surface area contributed by atoms with E-state index in [9.17, 15) is 0 Å². The topological polar surface area (TPSA) is 17.0 Å². The number of aromatic nitrogens is 1. The van der Waals surface area contributed by atoms with Crippen LogP contribution in [0.1, 0.15) is 10.9 Å². The van der Waals surface area contributed by atoms with Gasteiger partial charge in [0, 0.05) is 41.5 Å². The van der Waals surface area contributed by atoms with E-state index >= 15 is 0 Å². The van der Waals surface area contributed by atoms with Crippen LogP contribution in [0.2, 0.25) is 0 Å². The normalized spacial score (nSPS) is 14.5. The molecular weight excluding hydrogens is 585 g/mol. The molecule has 10 rings (SSSR count). The number of anilines is 1. The summed E-state index contributed by atoms with van der Waals surface area (Å²) in [5.74, 6) is 0. The van der Waals surface area contributed by atoms with Gasteiger partial charge in [0.2, 0.25) is 0 Å². The maximum absolute atomic E-state index is 3.91. The Labute approximate surface area is 268 Å². The van der Waals surface area contributed by atoms with E-state index in [4.69, 9.17) is 0 Å². The number of benzene rings is 7. The lowest BCUT2D eigenvalue weighted by atomic mass is 10.0. The molecule has 1 aliphatic heterocycles. The van der Waals surface area contributed by atoms with Crippen LogP contribution in [0.4, 0.5) is 5.69 Å². The highest BCUT2D eigenvalue weighted by atomic mass is 32.2. The van der Waals surface area contributed by atoms with Crippen LogP contribution < -0.4 is 5.32 Å². The zero-order valence-electron chi connectivity index (χ0n) is 24.2. The van der Waals surface area contributed by atoms with Gasteiger partial charge in [0.25, 0.3) is 0 Å². The zero-order chi connectivity index (χ0) is 29.5. The van der Waals surface area contributed by atoms with E-state index in [1.165, 1.54) is 85.7 Å². The van der Waals surface area contributed by atoms with Gasteiger partial charge in [0.15, 0.2) is 0 Å². The van der Waals surface area contributed by atoms with Gasteiger partial charge >= 0.3 is 0 Å². The minimum Gasteiger partial charge on any atom is -0.368 e. The average molecular weight is 611 g/mol. The molecule has 2 nitrogen and oxygen atoms in total. The summed E-state index contributed by atoms with van der Waals surface area (Å²) in [5, 5.41) is 11.9. The van der Waals surface area contributed by atoms with Crippen LogP contribution in [0.15, 0.2) is 150 Å². The van der Waals surface area contributed by atoms with Gasteiger partial charge in [-0.25, -0.2) is 0 Å². The Kier molecular flexibility index (Phi) is 5.48. The van der Waals surface area contributed by atoms with Crippen molar-refractivity contribution in [3.05, 3.63) is 151 Å². The van der Waals surface area contributed by atoms with Gasteiger partial charge in [0.05, 0.1) is 16.7 Å². The molecule has 0 spiro atoms. The van der Waals surface area contributed by atoms with Gasteiger partial charge in [-0.1, -0.05) is 115 Å². The van der Waals surface area contributed by atoms with E-state index in [0.717, 1.165) is 0 Å². The fourth-order valence-corrected chi connectivity index (χ4v) is 9.46. The first-order valence-corrected chi connectivity index (χ1v) is 17.0. The number of nitrogens with zero attached hydrogens (tertiary/aromatic N) is 1. The predicted octanol–water partition coefficient (Wildman–Crippen LogP) is 12.2. The third-order valence-corrected chi connectivity index (χ3v) is 11.6. The van der Waals surface area contributed by atoms with Crippen molar-refractivity contribution in [2.24, 2.45) is 0 Å². The summed E-state index contributed by atoms with van der Waals surface area (Å²) in [6, 6.07) is 53.3. The van der Waals surface area contributed by atoms with E-state index in [2.05, 4.69) is 155 Å². The predicted molar refractivity (Wildman–Crippen MR) is 195 cm³/mol. The standard InChI is InChI=1S/C41H26N2S2/c1-2-8-25(9-3-1)28-16-20-32-37(24-28)44-35-22-23-36-40(39(32)35)42-41(45-36)27-14-18-29(19-15-27)43-33-13-7-6-12-31(33)38-30-11-5-4-10-26(30)17-21-34(38)43/h1-24,41-42H/t41-/m1/s1. The molecule has 0 saturated heterocycles. The SMILES string of the molecule is c1ccc(-c2ccc3c(c2)sc2ccc4c(c23)N[C@@H](c2ccc(-n3c5ccccc5c5c6ccccc6ccc53)cc2)S4)cc1. The Balaban J connectivity index is 1.03. The Hall–Kier alpha value is -5.03. The number of hydrogen-bond donors (Lipinski definition) is 1. The van der Waals surface area contributed by atoms with Crippen LogP contribution >= 0.6 is 23.1 Å². The van der Waals surface area contributed by atoms with Gasteiger partial charge < -0.3 is 9.88 Å². The number of thioether (sulfide) groups is 1. The molecule has 0 saturated carbocycles. The quantitative estimate of drug-likeness (QED) is 0.214. The Bertz CT molecular complexity index is 2590. The molecular formula is C41H26N2S2. The number of nitrogens with one attached hydrogen (secondary N) is 1. The third kappa shape index (κ3) is 3.83. The van der Waals surface area contributed by atoms with Crippen molar-refractivity contribution < 1.29 is 0 Å². The number of hydrogen-bond acceptors (Lipinski definition) is 3. The molecule has 45 heavy (non-hydrogen) atoms. The van der Waals surface area contributed by atoms with Crippen molar-refractivity contribution in [2.45, 2.75) is 10.3 Å². The fraction of sp³-hybridized carbons (Fsp3) is 0.0244. The molecule has 0 aliphatic carbocycles. The molecule has 0 unspecified atom stereocenters. The van der Waals surface area contributed by atoms with E-state index in [0.29, 0.717) is 0 Å². The lowest BCUT2D eigenvalue weighted by molar-refractivity contribution is 1.12. The molecule has 1 atom stereocenters.